The van der Waals surface area contributed by atoms with Gasteiger partial charge >= 0.3 is 5.97 Å². The van der Waals surface area contributed by atoms with Gasteiger partial charge in [0, 0.05) is 21.4 Å². The predicted molar refractivity (Wildman–Crippen MR) is 130 cm³/mol. The molecule has 1 N–H and O–H groups in total. The van der Waals surface area contributed by atoms with Gasteiger partial charge in [-0.3, -0.25) is 4.79 Å². The molecule has 0 saturated heterocycles. The molecule has 0 amide bonds. The number of pyridine rings is 1. The number of carboxylic acid groups (broad SMARTS) is 1. The van der Waals surface area contributed by atoms with E-state index >= 15 is 0 Å². The van der Waals surface area contributed by atoms with Crippen molar-refractivity contribution in [3.05, 3.63) is 63.4 Å². The number of aromatic nitrogens is 2. The number of rotatable bonds is 5. The first-order chi connectivity index (χ1) is 15.1. The summed E-state index contributed by atoms with van der Waals surface area (Å²) in [5.74, 6) is -0.292. The third-order valence-electron chi connectivity index (χ3n) is 4.98. The third kappa shape index (κ3) is 4.61. The molecule has 4 rings (SSSR count). The van der Waals surface area contributed by atoms with Gasteiger partial charge in [-0.2, -0.15) is 0 Å². The molecule has 0 radical (unpaired) electrons. The molecular weight excluding hydrogens is 444 g/mol. The summed E-state index contributed by atoms with van der Waals surface area (Å²) in [5, 5.41) is 13.0. The van der Waals surface area contributed by atoms with Gasteiger partial charge < -0.3 is 9.84 Å². The van der Waals surface area contributed by atoms with E-state index < -0.39 is 11.6 Å². The molecule has 0 atom stereocenters. The number of fused-ring (bicyclic) bond motifs is 1. The lowest BCUT2D eigenvalue weighted by molar-refractivity contribution is -0.136. The summed E-state index contributed by atoms with van der Waals surface area (Å²) in [6, 6.07) is 11.3. The van der Waals surface area contributed by atoms with Crippen molar-refractivity contribution in [3.8, 4) is 28.3 Å². The van der Waals surface area contributed by atoms with Crippen molar-refractivity contribution in [2.75, 3.05) is 0 Å². The topological polar surface area (TPSA) is 72.3 Å². The number of carbonyl (C=O) groups is 1. The van der Waals surface area contributed by atoms with Gasteiger partial charge in [-0.15, -0.1) is 11.3 Å². The van der Waals surface area contributed by atoms with Crippen molar-refractivity contribution in [1.29, 1.82) is 0 Å². The quantitative estimate of drug-likeness (QED) is 0.350. The lowest BCUT2D eigenvalue weighted by Gasteiger charge is -2.25. The highest BCUT2D eigenvalue weighted by molar-refractivity contribution is 7.07. The van der Waals surface area contributed by atoms with Crippen LogP contribution in [0.5, 0.6) is 5.75 Å². The maximum atomic E-state index is 11.7. The highest BCUT2D eigenvalue weighted by atomic mass is 35.5. The molecule has 0 aliphatic carbocycles. The van der Waals surface area contributed by atoms with Gasteiger partial charge in [0.15, 0.2) is 0 Å². The van der Waals surface area contributed by atoms with Gasteiger partial charge in [0.1, 0.15) is 11.4 Å². The van der Waals surface area contributed by atoms with Crippen molar-refractivity contribution < 1.29 is 14.6 Å². The van der Waals surface area contributed by atoms with Crippen molar-refractivity contribution in [1.82, 2.24) is 9.97 Å². The minimum atomic E-state index is -0.895. The van der Waals surface area contributed by atoms with E-state index in [0.717, 1.165) is 44.5 Å². The summed E-state index contributed by atoms with van der Waals surface area (Å²) >= 11 is 7.81. The molecule has 5 nitrogen and oxygen atoms in total. The second-order valence-electron chi connectivity index (χ2n) is 8.61. The maximum Gasteiger partial charge on any atom is 0.307 e. The Labute approximate surface area is 195 Å². The summed E-state index contributed by atoms with van der Waals surface area (Å²) in [7, 11) is 0. The summed E-state index contributed by atoms with van der Waals surface area (Å²) in [6.45, 7) is 7.81. The van der Waals surface area contributed by atoms with Crippen LogP contribution in [-0.4, -0.2) is 26.6 Å². The number of aryl methyl sites for hydroxylation is 1. The fourth-order valence-electron chi connectivity index (χ4n) is 3.73. The monoisotopic (exact) mass is 466 g/mol. The van der Waals surface area contributed by atoms with E-state index in [1.807, 2.05) is 57.3 Å². The highest BCUT2D eigenvalue weighted by Crippen LogP contribution is 2.42. The number of carboxylic acids is 1. The zero-order chi connectivity index (χ0) is 23.0. The van der Waals surface area contributed by atoms with Gasteiger partial charge in [-0.05, 0) is 80.8 Å². The smallest absolute Gasteiger partial charge is 0.307 e. The van der Waals surface area contributed by atoms with E-state index in [9.17, 15) is 9.90 Å². The summed E-state index contributed by atoms with van der Waals surface area (Å²) in [6.07, 6.45) is -0.109. The molecule has 7 heteroatoms. The fourth-order valence-corrected chi connectivity index (χ4v) is 4.44. The first kappa shape index (κ1) is 22.2. The average Bonchev–Trinajstić information content (AvgIpc) is 3.22. The first-order valence-electron chi connectivity index (χ1n) is 10.1. The van der Waals surface area contributed by atoms with Crippen LogP contribution in [-0.2, 0) is 11.2 Å². The molecule has 0 bridgehead atoms. The molecular formula is C25H23ClN2O3S. The van der Waals surface area contributed by atoms with Crippen LogP contribution in [0.3, 0.4) is 0 Å². The summed E-state index contributed by atoms with van der Waals surface area (Å²) < 4.78 is 6.24. The van der Waals surface area contributed by atoms with Crippen LogP contribution in [0.2, 0.25) is 5.02 Å². The van der Waals surface area contributed by atoms with E-state index in [0.29, 0.717) is 10.8 Å². The van der Waals surface area contributed by atoms with E-state index in [1.165, 1.54) is 11.3 Å². The van der Waals surface area contributed by atoms with Crippen molar-refractivity contribution >= 4 is 39.8 Å². The Kier molecular flexibility index (Phi) is 5.93. The van der Waals surface area contributed by atoms with Gasteiger partial charge in [0.05, 0.1) is 28.8 Å². The molecule has 0 saturated carbocycles. The molecule has 2 aromatic heterocycles. The summed E-state index contributed by atoms with van der Waals surface area (Å²) in [4.78, 5) is 20.9. The Morgan fingerprint density at radius 1 is 1.16 bits per heavy atom. The van der Waals surface area contributed by atoms with Crippen LogP contribution in [0.15, 0.2) is 47.3 Å². The lowest BCUT2D eigenvalue weighted by atomic mass is 9.89. The van der Waals surface area contributed by atoms with E-state index in [-0.39, 0.29) is 6.42 Å². The van der Waals surface area contributed by atoms with Crippen LogP contribution < -0.4 is 4.74 Å². The van der Waals surface area contributed by atoms with Crippen LogP contribution >= 0.6 is 22.9 Å². The molecule has 2 heterocycles. The number of nitrogens with zero attached hydrogens (tertiary/aromatic N) is 2. The fraction of sp³-hybridized carbons (Fsp3) is 0.240. The first-order valence-corrected chi connectivity index (χ1v) is 11.5. The van der Waals surface area contributed by atoms with Gasteiger partial charge in [0.25, 0.3) is 0 Å². The van der Waals surface area contributed by atoms with Crippen molar-refractivity contribution in [2.45, 2.75) is 39.7 Å². The van der Waals surface area contributed by atoms with Crippen LogP contribution in [0.4, 0.5) is 0 Å². The van der Waals surface area contributed by atoms with E-state index in [1.54, 1.807) is 17.6 Å². The Balaban J connectivity index is 2.03. The maximum absolute atomic E-state index is 11.7. The van der Waals surface area contributed by atoms with Crippen LogP contribution in [0, 0.1) is 6.92 Å². The molecule has 32 heavy (non-hydrogen) atoms. The standard InChI is InChI=1S/C25H23ClN2O3S/c1-14-9-20-16(7-8-19(28-20)21-12-32-13-27-21)24(18(14)11-23(29)30)17-6-5-15(26)10-22(17)31-25(2,3)4/h5-10,12-13H,11H2,1-4H3,(H,29,30). The third-order valence-corrected chi connectivity index (χ3v) is 5.80. The SMILES string of the molecule is Cc1cc2nc(-c3cscn3)ccc2c(-c2ccc(Cl)cc2OC(C)(C)C)c1CC(=O)O. The van der Waals surface area contributed by atoms with E-state index in [2.05, 4.69) is 4.98 Å². The molecule has 2 aromatic carbocycles. The molecule has 0 aliphatic heterocycles. The van der Waals surface area contributed by atoms with Gasteiger partial charge in [0.2, 0.25) is 0 Å². The zero-order valence-electron chi connectivity index (χ0n) is 18.3. The number of halogens is 1. The molecule has 0 unspecified atom stereocenters. The number of benzene rings is 2. The largest absolute Gasteiger partial charge is 0.487 e. The minimum absolute atomic E-state index is 0.109. The number of thiazole rings is 1. The highest BCUT2D eigenvalue weighted by Gasteiger charge is 2.22. The number of hydrogen-bond acceptors (Lipinski definition) is 5. The van der Waals surface area contributed by atoms with Crippen LogP contribution in [0.25, 0.3) is 33.4 Å². The Morgan fingerprint density at radius 2 is 1.94 bits per heavy atom. The number of hydrogen-bond donors (Lipinski definition) is 1. The molecule has 4 aromatic rings. The van der Waals surface area contributed by atoms with Crippen molar-refractivity contribution in [3.63, 3.8) is 0 Å². The van der Waals surface area contributed by atoms with Gasteiger partial charge in [-0.25, -0.2) is 9.97 Å². The molecule has 0 fully saturated rings. The lowest BCUT2D eigenvalue weighted by Crippen LogP contribution is -2.23. The van der Waals surface area contributed by atoms with Crippen LogP contribution in [0.1, 0.15) is 31.9 Å². The van der Waals surface area contributed by atoms with Crippen molar-refractivity contribution in [2.24, 2.45) is 0 Å². The minimum Gasteiger partial charge on any atom is -0.487 e. The number of ether oxygens (including phenoxy) is 1. The Bertz CT molecular complexity index is 1310. The Hall–Kier alpha value is -2.96. The Morgan fingerprint density at radius 3 is 2.59 bits per heavy atom. The molecule has 0 aliphatic rings. The second kappa shape index (κ2) is 8.52. The van der Waals surface area contributed by atoms with Gasteiger partial charge in [-0.1, -0.05) is 11.6 Å². The van der Waals surface area contributed by atoms with E-state index in [4.69, 9.17) is 21.3 Å². The molecule has 0 spiro atoms. The summed E-state index contributed by atoms with van der Waals surface area (Å²) in [5.41, 5.74) is 6.86. The predicted octanol–water partition coefficient (Wildman–Crippen LogP) is 6.79. The normalized spacial score (nSPS) is 11.7. The zero-order valence-corrected chi connectivity index (χ0v) is 19.8. The second-order valence-corrected chi connectivity index (χ2v) is 9.76. The number of aliphatic carboxylic acids is 1. The average molecular weight is 467 g/mol. The molecule has 164 valence electrons.